The lowest BCUT2D eigenvalue weighted by molar-refractivity contribution is -0.547. The van der Waals surface area contributed by atoms with Crippen molar-refractivity contribution in [1.29, 1.82) is 0 Å². The minimum Gasteiger partial charge on any atom is -0.469 e. The molecular formula is C22H29NO15. The highest BCUT2D eigenvalue weighted by Crippen LogP contribution is 2.34. The SMILES string of the molecule is COC(=O)[C@H]1CC(=O)C[C@H](O[C@@H]2O[C@H](COC(C)=O)[C@@H](OC(C)=O)[C@H](OC(C)=O)[C@H]2OC(C)=O)[C@@H]1[N+](=O)[O-]. The van der Waals surface area contributed by atoms with Gasteiger partial charge in [0.2, 0.25) is 0 Å². The molecule has 0 amide bonds. The molecule has 2 aliphatic rings. The first-order valence-electron chi connectivity index (χ1n) is 11.4. The van der Waals surface area contributed by atoms with E-state index in [0.29, 0.717) is 0 Å². The zero-order chi connectivity index (χ0) is 28.7. The van der Waals surface area contributed by atoms with Crippen molar-refractivity contribution in [2.75, 3.05) is 13.7 Å². The fourth-order valence-electron chi connectivity index (χ4n) is 4.31. The van der Waals surface area contributed by atoms with Crippen LogP contribution in [0.4, 0.5) is 0 Å². The molecule has 16 heteroatoms. The second kappa shape index (κ2) is 13.2. The minimum atomic E-state index is -1.76. The number of Topliss-reactive ketones (excluding diaryl/α,β-unsaturated/α-hetero) is 1. The van der Waals surface area contributed by atoms with Crippen LogP contribution in [0.5, 0.6) is 0 Å². The predicted octanol–water partition coefficient (Wildman–Crippen LogP) is -0.748. The van der Waals surface area contributed by atoms with Crippen LogP contribution in [0.1, 0.15) is 40.5 Å². The first-order chi connectivity index (χ1) is 17.7. The van der Waals surface area contributed by atoms with E-state index < -0.39 is 109 Å². The molecule has 0 spiro atoms. The molecule has 16 nitrogen and oxygen atoms in total. The average Bonchev–Trinajstić information content (AvgIpc) is 2.79. The van der Waals surface area contributed by atoms with E-state index in [4.69, 9.17) is 28.4 Å². The molecule has 38 heavy (non-hydrogen) atoms. The molecule has 0 bridgehead atoms. The summed E-state index contributed by atoms with van der Waals surface area (Å²) >= 11 is 0. The molecule has 2 fully saturated rings. The van der Waals surface area contributed by atoms with E-state index in [1.54, 1.807) is 0 Å². The number of hydrogen-bond acceptors (Lipinski definition) is 15. The van der Waals surface area contributed by atoms with Crippen molar-refractivity contribution < 1.29 is 66.8 Å². The Balaban J connectivity index is 2.53. The summed E-state index contributed by atoms with van der Waals surface area (Å²) in [7, 11) is 1.01. The smallest absolute Gasteiger partial charge is 0.316 e. The number of hydrogen-bond donors (Lipinski definition) is 0. The van der Waals surface area contributed by atoms with Gasteiger partial charge in [0.1, 0.15) is 30.5 Å². The van der Waals surface area contributed by atoms with Gasteiger partial charge in [0.05, 0.1) is 7.11 Å². The van der Waals surface area contributed by atoms with Crippen LogP contribution in [0.2, 0.25) is 0 Å². The van der Waals surface area contributed by atoms with Gasteiger partial charge >= 0.3 is 29.8 Å². The number of rotatable bonds is 9. The van der Waals surface area contributed by atoms with Gasteiger partial charge in [-0.25, -0.2) is 0 Å². The van der Waals surface area contributed by atoms with Crippen molar-refractivity contribution in [3.63, 3.8) is 0 Å². The monoisotopic (exact) mass is 547 g/mol. The molecule has 8 atom stereocenters. The van der Waals surface area contributed by atoms with E-state index in [1.807, 2.05) is 0 Å². The number of ketones is 1. The Hall–Kier alpha value is -3.66. The molecule has 1 heterocycles. The summed E-state index contributed by atoms with van der Waals surface area (Å²) in [5.41, 5.74) is 0. The molecule has 0 unspecified atom stereocenters. The third-order valence-electron chi connectivity index (χ3n) is 5.67. The average molecular weight is 547 g/mol. The molecule has 0 N–H and O–H groups in total. The molecule has 1 aliphatic heterocycles. The van der Waals surface area contributed by atoms with Gasteiger partial charge in [0.15, 0.2) is 24.6 Å². The van der Waals surface area contributed by atoms with E-state index in [-0.39, 0.29) is 0 Å². The van der Waals surface area contributed by atoms with Crippen molar-refractivity contribution in [1.82, 2.24) is 0 Å². The number of carbonyl (C=O) groups excluding carboxylic acids is 6. The summed E-state index contributed by atoms with van der Waals surface area (Å²) in [5.74, 6) is -6.43. The summed E-state index contributed by atoms with van der Waals surface area (Å²) < 4.78 is 36.9. The van der Waals surface area contributed by atoms with Crippen LogP contribution in [0.15, 0.2) is 0 Å². The third-order valence-corrected chi connectivity index (χ3v) is 5.67. The Morgan fingerprint density at radius 1 is 0.895 bits per heavy atom. The quantitative estimate of drug-likeness (QED) is 0.150. The second-order valence-electron chi connectivity index (χ2n) is 8.59. The van der Waals surface area contributed by atoms with E-state index in [2.05, 4.69) is 4.74 Å². The maximum Gasteiger partial charge on any atom is 0.316 e. The van der Waals surface area contributed by atoms with Crippen LogP contribution in [0.25, 0.3) is 0 Å². The fourth-order valence-corrected chi connectivity index (χ4v) is 4.31. The Bertz CT molecular complexity index is 964. The number of nitrogens with zero attached hydrogens (tertiary/aromatic N) is 1. The van der Waals surface area contributed by atoms with Gasteiger partial charge in [-0.3, -0.25) is 38.9 Å². The Kier molecular flexibility index (Phi) is 10.6. The lowest BCUT2D eigenvalue weighted by Gasteiger charge is -2.45. The number of esters is 5. The summed E-state index contributed by atoms with van der Waals surface area (Å²) in [4.78, 5) is 82.8. The van der Waals surface area contributed by atoms with E-state index >= 15 is 0 Å². The zero-order valence-electron chi connectivity index (χ0n) is 21.3. The molecule has 0 radical (unpaired) electrons. The molecule has 2 rings (SSSR count). The van der Waals surface area contributed by atoms with Crippen molar-refractivity contribution >= 4 is 35.6 Å². The lowest BCUT2D eigenvalue weighted by atomic mass is 9.81. The normalized spacial score (nSPS) is 30.9. The Morgan fingerprint density at radius 3 is 1.95 bits per heavy atom. The Morgan fingerprint density at radius 2 is 1.45 bits per heavy atom. The lowest BCUT2D eigenvalue weighted by Crippen LogP contribution is -2.64. The van der Waals surface area contributed by atoms with E-state index in [0.717, 1.165) is 34.8 Å². The molecule has 0 aromatic rings. The second-order valence-corrected chi connectivity index (χ2v) is 8.59. The maximum atomic E-state index is 12.4. The van der Waals surface area contributed by atoms with Crippen LogP contribution in [0.3, 0.4) is 0 Å². The Labute approximate surface area is 216 Å². The van der Waals surface area contributed by atoms with Gasteiger partial charge in [0.25, 0.3) is 6.04 Å². The number of carbonyl (C=O) groups is 6. The van der Waals surface area contributed by atoms with Gasteiger partial charge in [-0.2, -0.15) is 0 Å². The van der Waals surface area contributed by atoms with Gasteiger partial charge in [-0.05, 0) is 0 Å². The van der Waals surface area contributed by atoms with Crippen molar-refractivity contribution in [3.8, 4) is 0 Å². The molecule has 1 aliphatic carbocycles. The van der Waals surface area contributed by atoms with E-state index in [1.165, 1.54) is 0 Å². The molecule has 1 saturated carbocycles. The molecule has 1 saturated heterocycles. The van der Waals surface area contributed by atoms with Crippen LogP contribution >= 0.6 is 0 Å². The van der Waals surface area contributed by atoms with Gasteiger partial charge in [-0.15, -0.1) is 0 Å². The maximum absolute atomic E-state index is 12.4. The summed E-state index contributed by atoms with van der Waals surface area (Å²) in [5, 5.41) is 11.9. The van der Waals surface area contributed by atoms with Crippen LogP contribution in [-0.4, -0.2) is 97.1 Å². The number of nitro groups is 1. The first-order valence-corrected chi connectivity index (χ1v) is 11.4. The summed E-state index contributed by atoms with van der Waals surface area (Å²) in [6.07, 6.45) is -10.4. The first kappa shape index (κ1) is 30.6. The van der Waals surface area contributed by atoms with Crippen LogP contribution in [-0.2, 0) is 61.9 Å². The van der Waals surface area contributed by atoms with Gasteiger partial charge in [-0.1, -0.05) is 0 Å². The number of methoxy groups -OCH3 is 1. The third kappa shape index (κ3) is 7.92. The zero-order valence-corrected chi connectivity index (χ0v) is 21.3. The van der Waals surface area contributed by atoms with Crippen LogP contribution in [0, 0.1) is 16.0 Å². The standard InChI is InChI=1S/C22H29NO15/c1-9(24)33-8-16-18(34-10(2)25)19(35-11(3)26)20(36-12(4)27)22(38-16)37-15-7-13(28)6-14(21(29)32-5)17(15)23(30)31/h14-20,22H,6-8H2,1-5H3/t14-,15-,16+,17+,18+,19-,20+,22+/m0/s1. The molecular weight excluding hydrogens is 518 g/mol. The largest absolute Gasteiger partial charge is 0.469 e. The minimum absolute atomic E-state index is 0.462. The van der Waals surface area contributed by atoms with E-state index in [9.17, 15) is 38.9 Å². The molecule has 0 aromatic carbocycles. The van der Waals surface area contributed by atoms with Crippen molar-refractivity contribution in [2.24, 2.45) is 5.92 Å². The highest BCUT2D eigenvalue weighted by Gasteiger charge is 2.56. The predicted molar refractivity (Wildman–Crippen MR) is 117 cm³/mol. The number of ether oxygens (including phenoxy) is 7. The highest BCUT2D eigenvalue weighted by molar-refractivity contribution is 5.86. The highest BCUT2D eigenvalue weighted by atomic mass is 16.7. The topological polar surface area (TPSA) is 210 Å². The van der Waals surface area contributed by atoms with Gasteiger partial charge in [0, 0.05) is 45.5 Å². The molecule has 212 valence electrons. The van der Waals surface area contributed by atoms with Crippen molar-refractivity contribution in [3.05, 3.63) is 10.1 Å². The summed E-state index contributed by atoms with van der Waals surface area (Å²) in [6.45, 7) is 3.60. The van der Waals surface area contributed by atoms with Gasteiger partial charge < -0.3 is 33.2 Å². The van der Waals surface area contributed by atoms with Crippen molar-refractivity contribution in [2.45, 2.75) is 83.4 Å². The fraction of sp³-hybridized carbons (Fsp3) is 0.727. The summed E-state index contributed by atoms with van der Waals surface area (Å²) in [6, 6.07) is -1.76. The molecule has 0 aromatic heterocycles. The van der Waals surface area contributed by atoms with Crippen LogP contribution < -0.4 is 0 Å².